The van der Waals surface area contributed by atoms with Crippen LogP contribution >= 0.6 is 0 Å². The maximum atomic E-state index is 12.1. The summed E-state index contributed by atoms with van der Waals surface area (Å²) < 4.78 is 32.8. The van der Waals surface area contributed by atoms with Crippen LogP contribution in [0.1, 0.15) is 31.2 Å². The molecule has 0 radical (unpaired) electrons. The molecule has 1 aromatic rings. The van der Waals surface area contributed by atoms with E-state index in [0.717, 1.165) is 12.8 Å². The minimum absolute atomic E-state index is 0.0861. The fourth-order valence-corrected chi connectivity index (χ4v) is 4.62. The molecule has 1 fully saturated rings. The van der Waals surface area contributed by atoms with E-state index in [9.17, 15) is 23.3 Å². The van der Waals surface area contributed by atoms with E-state index in [4.69, 9.17) is 4.74 Å². The third-order valence-corrected chi connectivity index (χ3v) is 6.08. The van der Waals surface area contributed by atoms with Crippen LogP contribution in [-0.2, 0) is 24.3 Å². The smallest absolute Gasteiger partial charge is 0.326 e. The molecule has 1 aliphatic carbocycles. The topological polar surface area (TPSA) is 129 Å². The van der Waals surface area contributed by atoms with Crippen molar-refractivity contribution in [1.29, 1.82) is 5.26 Å². The molecule has 0 unspecified atom stereocenters. The summed E-state index contributed by atoms with van der Waals surface area (Å²) in [5, 5.41) is 11.9. The van der Waals surface area contributed by atoms with Gasteiger partial charge in [-0.3, -0.25) is 9.59 Å². The summed E-state index contributed by atoms with van der Waals surface area (Å²) in [6.07, 6.45) is 2.90. The maximum absolute atomic E-state index is 12.1. The van der Waals surface area contributed by atoms with Crippen LogP contribution in [0.2, 0.25) is 0 Å². The van der Waals surface area contributed by atoms with E-state index in [-0.39, 0.29) is 17.3 Å². The lowest BCUT2D eigenvalue weighted by Gasteiger charge is -2.22. The number of amides is 1. The second-order valence-corrected chi connectivity index (χ2v) is 8.42. The van der Waals surface area contributed by atoms with Gasteiger partial charge in [-0.1, -0.05) is 12.1 Å². The Kier molecular flexibility index (Phi) is 5.38. The Morgan fingerprint density at radius 3 is 2.68 bits per heavy atom. The fourth-order valence-electron chi connectivity index (χ4n) is 3.37. The highest BCUT2D eigenvalue weighted by Gasteiger charge is 2.35. The molecule has 0 saturated heterocycles. The summed E-state index contributed by atoms with van der Waals surface area (Å²) in [4.78, 5) is 25.5. The van der Waals surface area contributed by atoms with E-state index < -0.39 is 34.0 Å². The zero-order valence-corrected chi connectivity index (χ0v) is 16.2. The van der Waals surface area contributed by atoms with Crippen molar-refractivity contribution < 1.29 is 22.7 Å². The van der Waals surface area contributed by atoms with E-state index in [2.05, 4.69) is 15.8 Å². The standard InChI is InChI=1S/C18H20N4O5S/c1-22(17-13-6-2-3-7-14(13)28(25,26)21-17)10-16(24)27-11-15(23)20-18(12-19)8-4-5-9-18/h2-3,6-7H,4-5,8-11H2,1H3,(H,20,23). The highest BCUT2D eigenvalue weighted by molar-refractivity contribution is 7.90. The number of nitrogens with zero attached hydrogens (tertiary/aromatic N) is 3. The predicted molar refractivity (Wildman–Crippen MR) is 98.7 cm³/mol. The number of benzene rings is 1. The molecule has 9 nitrogen and oxygen atoms in total. The van der Waals surface area contributed by atoms with E-state index >= 15 is 0 Å². The van der Waals surface area contributed by atoms with Crippen LogP contribution in [0.25, 0.3) is 0 Å². The Hall–Kier alpha value is -2.93. The van der Waals surface area contributed by atoms with Gasteiger partial charge in [-0.25, -0.2) is 0 Å². The van der Waals surface area contributed by atoms with Gasteiger partial charge in [0.2, 0.25) is 0 Å². The lowest BCUT2D eigenvalue weighted by atomic mass is 10.00. The number of carbonyl (C=O) groups excluding carboxylic acids is 2. The zero-order valence-electron chi connectivity index (χ0n) is 15.3. The van der Waals surface area contributed by atoms with E-state index in [1.807, 2.05) is 0 Å². The first-order valence-electron chi connectivity index (χ1n) is 8.80. The van der Waals surface area contributed by atoms with Crippen LogP contribution in [0.5, 0.6) is 0 Å². The lowest BCUT2D eigenvalue weighted by molar-refractivity contribution is -0.149. The van der Waals surface area contributed by atoms with Gasteiger partial charge in [-0.2, -0.15) is 13.7 Å². The number of carbonyl (C=O) groups is 2. The molecule has 148 valence electrons. The van der Waals surface area contributed by atoms with Crippen molar-refractivity contribution in [2.24, 2.45) is 4.40 Å². The summed E-state index contributed by atoms with van der Waals surface area (Å²) in [5.74, 6) is -1.10. The number of fused-ring (bicyclic) bond motifs is 1. The number of likely N-dealkylation sites (N-methyl/N-ethyl adjacent to an activating group) is 1. The van der Waals surface area contributed by atoms with E-state index in [0.29, 0.717) is 18.4 Å². The summed E-state index contributed by atoms with van der Waals surface area (Å²) in [6.45, 7) is -0.781. The quantitative estimate of drug-likeness (QED) is 0.710. The van der Waals surface area contributed by atoms with Crippen LogP contribution in [0.15, 0.2) is 33.6 Å². The molecule has 3 rings (SSSR count). The molecule has 0 atom stereocenters. The van der Waals surface area contributed by atoms with Gasteiger partial charge in [-0.05, 0) is 37.8 Å². The number of hydrogen-bond acceptors (Lipinski definition) is 7. The number of esters is 1. The highest BCUT2D eigenvalue weighted by Crippen LogP contribution is 2.29. The molecule has 1 amide bonds. The number of amidine groups is 1. The Morgan fingerprint density at radius 2 is 2.00 bits per heavy atom. The van der Waals surface area contributed by atoms with Crippen molar-refractivity contribution in [1.82, 2.24) is 10.2 Å². The van der Waals surface area contributed by atoms with Crippen molar-refractivity contribution in [2.75, 3.05) is 20.2 Å². The second-order valence-electron chi connectivity index (χ2n) is 6.85. The van der Waals surface area contributed by atoms with Gasteiger partial charge in [0, 0.05) is 12.6 Å². The minimum atomic E-state index is -3.79. The number of ether oxygens (including phenoxy) is 1. The van der Waals surface area contributed by atoms with Gasteiger partial charge in [-0.15, -0.1) is 4.40 Å². The van der Waals surface area contributed by atoms with Gasteiger partial charge in [0.25, 0.3) is 15.9 Å². The van der Waals surface area contributed by atoms with Crippen molar-refractivity contribution >= 4 is 27.7 Å². The van der Waals surface area contributed by atoms with Gasteiger partial charge in [0.05, 0.1) is 6.07 Å². The predicted octanol–water partition coefficient (Wildman–Crippen LogP) is 0.563. The monoisotopic (exact) mass is 404 g/mol. The number of rotatable bonds is 5. The molecule has 28 heavy (non-hydrogen) atoms. The van der Waals surface area contributed by atoms with Gasteiger partial charge in [0.1, 0.15) is 17.0 Å². The van der Waals surface area contributed by atoms with Crippen LogP contribution in [0, 0.1) is 11.3 Å². The first kappa shape index (κ1) is 19.8. The third kappa shape index (κ3) is 3.99. The van der Waals surface area contributed by atoms with E-state index in [1.54, 1.807) is 18.2 Å². The molecule has 1 heterocycles. The van der Waals surface area contributed by atoms with Crippen LogP contribution in [0.3, 0.4) is 0 Å². The van der Waals surface area contributed by atoms with Crippen LogP contribution in [-0.4, -0.2) is 56.8 Å². The summed E-state index contributed by atoms with van der Waals surface area (Å²) in [5.41, 5.74) is -0.468. The van der Waals surface area contributed by atoms with Crippen molar-refractivity contribution in [3.8, 4) is 6.07 Å². The molecule has 0 bridgehead atoms. The summed E-state index contributed by atoms with van der Waals surface area (Å²) in [6, 6.07) is 8.46. The SMILES string of the molecule is CN(CC(=O)OCC(=O)NC1(C#N)CCCC1)C1=NS(=O)(=O)c2ccccc21. The van der Waals surface area contributed by atoms with E-state index in [1.165, 1.54) is 18.0 Å². The number of nitriles is 1. The molecule has 1 saturated carbocycles. The molecule has 1 aliphatic heterocycles. The average Bonchev–Trinajstić information content (AvgIpc) is 3.23. The average molecular weight is 404 g/mol. The highest BCUT2D eigenvalue weighted by atomic mass is 32.2. The Morgan fingerprint density at radius 1 is 1.32 bits per heavy atom. The minimum Gasteiger partial charge on any atom is -0.454 e. The number of sulfonamides is 1. The first-order chi connectivity index (χ1) is 13.3. The molecule has 2 aliphatic rings. The summed E-state index contributed by atoms with van der Waals surface area (Å²) >= 11 is 0. The molecule has 1 aromatic carbocycles. The Bertz CT molecular complexity index is 974. The molecule has 1 N–H and O–H groups in total. The first-order valence-corrected chi connectivity index (χ1v) is 10.2. The molecule has 0 aromatic heterocycles. The number of nitrogens with one attached hydrogen (secondary N) is 1. The fraction of sp³-hybridized carbons (Fsp3) is 0.444. The zero-order chi connectivity index (χ0) is 20.4. The van der Waals surface area contributed by atoms with Crippen LogP contribution in [0.4, 0.5) is 0 Å². The van der Waals surface area contributed by atoms with Crippen LogP contribution < -0.4 is 5.32 Å². The summed E-state index contributed by atoms with van der Waals surface area (Å²) in [7, 11) is -2.27. The second kappa shape index (κ2) is 7.59. The molecule has 10 heteroatoms. The lowest BCUT2D eigenvalue weighted by Crippen LogP contribution is -2.47. The van der Waals surface area contributed by atoms with Crippen molar-refractivity contribution in [2.45, 2.75) is 36.1 Å². The maximum Gasteiger partial charge on any atom is 0.326 e. The largest absolute Gasteiger partial charge is 0.454 e. The van der Waals surface area contributed by atoms with Gasteiger partial charge in [0.15, 0.2) is 12.4 Å². The Labute approximate surface area is 163 Å². The molecular formula is C18H20N4O5S. The van der Waals surface area contributed by atoms with Crippen molar-refractivity contribution in [3.05, 3.63) is 29.8 Å². The number of hydrogen-bond donors (Lipinski definition) is 1. The van der Waals surface area contributed by atoms with Gasteiger partial charge < -0.3 is 15.0 Å². The molecular weight excluding hydrogens is 384 g/mol. The normalized spacial score (nSPS) is 18.5. The van der Waals surface area contributed by atoms with Gasteiger partial charge >= 0.3 is 5.97 Å². The Balaban J connectivity index is 1.56. The molecule has 0 spiro atoms. The van der Waals surface area contributed by atoms with Crippen molar-refractivity contribution in [3.63, 3.8) is 0 Å². The third-order valence-electron chi connectivity index (χ3n) is 4.75.